The van der Waals surface area contributed by atoms with Gasteiger partial charge in [-0.1, -0.05) is 0 Å². The summed E-state index contributed by atoms with van der Waals surface area (Å²) < 4.78 is 10.0. The Labute approximate surface area is 136 Å². The molecule has 4 N–H and O–H groups in total. The van der Waals surface area contributed by atoms with Gasteiger partial charge in [0, 0.05) is 19.2 Å². The van der Waals surface area contributed by atoms with Crippen molar-refractivity contribution in [1.82, 2.24) is 0 Å². The number of nitrogens with two attached hydrogens (primary N) is 1. The smallest absolute Gasteiger partial charge is 0.412 e. The predicted octanol–water partition coefficient (Wildman–Crippen LogP) is 2.98. The lowest BCUT2D eigenvalue weighted by molar-refractivity contribution is -0.140. The Morgan fingerprint density at radius 3 is 2.52 bits per heavy atom. The molecule has 128 valence electrons. The summed E-state index contributed by atoms with van der Waals surface area (Å²) >= 11 is 0. The van der Waals surface area contributed by atoms with Gasteiger partial charge in [0.2, 0.25) is 0 Å². The fourth-order valence-electron chi connectivity index (χ4n) is 1.73. The highest BCUT2D eigenvalue weighted by Gasteiger charge is 2.16. The number of hydrogen-bond donors (Lipinski definition) is 3. The molecule has 7 heteroatoms. The minimum Gasteiger partial charge on any atom is -0.466 e. The van der Waals surface area contributed by atoms with Crippen molar-refractivity contribution < 1.29 is 19.1 Å². The number of hydrogen-bond acceptors (Lipinski definition) is 6. The Hall–Kier alpha value is -2.44. The number of carbonyl (C=O) groups excluding carboxylic acids is 2. The van der Waals surface area contributed by atoms with Crippen LogP contribution in [0.1, 0.15) is 34.1 Å². The Bertz CT molecular complexity index is 553. The number of nitrogen functional groups attached to an aromatic ring is 1. The first-order valence-electron chi connectivity index (χ1n) is 7.44. The van der Waals surface area contributed by atoms with Crippen LogP contribution >= 0.6 is 0 Å². The third kappa shape index (κ3) is 7.94. The van der Waals surface area contributed by atoms with Crippen LogP contribution in [0.4, 0.5) is 21.9 Å². The van der Waals surface area contributed by atoms with Gasteiger partial charge in [0.25, 0.3) is 0 Å². The van der Waals surface area contributed by atoms with Gasteiger partial charge >= 0.3 is 12.1 Å². The second kappa shape index (κ2) is 8.26. The zero-order valence-corrected chi connectivity index (χ0v) is 14.1. The van der Waals surface area contributed by atoms with E-state index < -0.39 is 11.7 Å². The molecule has 0 aliphatic rings. The molecule has 0 fully saturated rings. The fourth-order valence-corrected chi connectivity index (χ4v) is 1.73. The summed E-state index contributed by atoms with van der Waals surface area (Å²) in [7, 11) is 0. The van der Waals surface area contributed by atoms with E-state index >= 15 is 0 Å². The average Bonchev–Trinajstić information content (AvgIpc) is 2.38. The quantitative estimate of drug-likeness (QED) is 0.422. The summed E-state index contributed by atoms with van der Waals surface area (Å²) in [6.45, 7) is 7.75. The first-order valence-corrected chi connectivity index (χ1v) is 7.44. The van der Waals surface area contributed by atoms with Crippen molar-refractivity contribution in [3.63, 3.8) is 0 Å². The number of rotatable bonds is 6. The van der Waals surface area contributed by atoms with Gasteiger partial charge in [0.05, 0.1) is 18.0 Å². The number of esters is 1. The molecule has 0 atom stereocenters. The summed E-state index contributed by atoms with van der Waals surface area (Å²) in [5.41, 5.74) is 7.21. The van der Waals surface area contributed by atoms with Crippen molar-refractivity contribution in [2.75, 3.05) is 29.5 Å². The molecular weight excluding hydrogens is 298 g/mol. The summed E-state index contributed by atoms with van der Waals surface area (Å²) in [5.74, 6) is -0.290. The predicted molar refractivity (Wildman–Crippen MR) is 90.5 cm³/mol. The second-order valence-corrected chi connectivity index (χ2v) is 6.05. The molecule has 0 aromatic heterocycles. The molecule has 1 rings (SSSR count). The number of amides is 1. The second-order valence-electron chi connectivity index (χ2n) is 6.05. The lowest BCUT2D eigenvalue weighted by atomic mass is 10.2. The van der Waals surface area contributed by atoms with E-state index in [1.807, 2.05) is 0 Å². The van der Waals surface area contributed by atoms with Gasteiger partial charge in [-0.15, -0.1) is 0 Å². The topological polar surface area (TPSA) is 103 Å². The first kappa shape index (κ1) is 18.6. The Balaban J connectivity index is 2.48. The normalized spacial score (nSPS) is 10.8. The van der Waals surface area contributed by atoms with Crippen LogP contribution in [0.15, 0.2) is 18.2 Å². The number of benzene rings is 1. The number of nitrogens with one attached hydrogen (secondary N) is 2. The maximum Gasteiger partial charge on any atom is 0.412 e. The molecular formula is C16H25N3O4. The maximum atomic E-state index is 11.7. The molecule has 0 saturated carbocycles. The van der Waals surface area contributed by atoms with Crippen molar-refractivity contribution in [2.45, 2.75) is 39.7 Å². The van der Waals surface area contributed by atoms with Crippen molar-refractivity contribution in [2.24, 2.45) is 0 Å². The molecule has 0 radical (unpaired) electrons. The van der Waals surface area contributed by atoms with Crippen LogP contribution in [0.5, 0.6) is 0 Å². The van der Waals surface area contributed by atoms with Crippen LogP contribution in [-0.4, -0.2) is 30.8 Å². The molecule has 1 amide bonds. The van der Waals surface area contributed by atoms with E-state index in [2.05, 4.69) is 10.6 Å². The molecule has 0 spiro atoms. The van der Waals surface area contributed by atoms with Gasteiger partial charge in [-0.25, -0.2) is 4.79 Å². The van der Waals surface area contributed by atoms with Crippen molar-refractivity contribution in [3.05, 3.63) is 18.2 Å². The van der Waals surface area contributed by atoms with Crippen LogP contribution in [0.3, 0.4) is 0 Å². The molecule has 1 aromatic carbocycles. The highest BCUT2D eigenvalue weighted by Crippen LogP contribution is 2.23. The molecule has 0 saturated heterocycles. The number of ether oxygens (including phenoxy) is 2. The molecule has 7 nitrogen and oxygen atoms in total. The van der Waals surface area contributed by atoms with E-state index in [0.717, 1.165) is 5.69 Å². The van der Waals surface area contributed by atoms with Gasteiger partial charge in [0.15, 0.2) is 0 Å². The van der Waals surface area contributed by atoms with E-state index in [9.17, 15) is 9.59 Å². The van der Waals surface area contributed by atoms with E-state index in [4.69, 9.17) is 15.2 Å². The van der Waals surface area contributed by atoms with E-state index in [1.165, 1.54) is 6.92 Å². The van der Waals surface area contributed by atoms with Gasteiger partial charge in [-0.2, -0.15) is 0 Å². The average molecular weight is 323 g/mol. The first-order chi connectivity index (χ1) is 10.7. The molecule has 0 heterocycles. The number of carbonyl (C=O) groups is 2. The Kier molecular flexibility index (Phi) is 6.68. The minimum absolute atomic E-state index is 0.290. The molecule has 0 unspecified atom stereocenters. The highest BCUT2D eigenvalue weighted by molar-refractivity contribution is 5.87. The molecule has 23 heavy (non-hydrogen) atoms. The summed E-state index contributed by atoms with van der Waals surface area (Å²) in [4.78, 5) is 22.3. The standard InChI is InChI=1S/C16H25N3O4/c1-11(20)22-9-5-8-18-14-7-6-12(10-13(14)17)19-15(21)23-16(2,3)4/h6-7,10,18H,5,8-9,17H2,1-4H3,(H,19,21). The zero-order chi connectivity index (χ0) is 17.5. The summed E-state index contributed by atoms with van der Waals surface area (Å²) in [5, 5.41) is 5.77. The molecule has 1 aromatic rings. The van der Waals surface area contributed by atoms with Gasteiger partial charge in [-0.3, -0.25) is 10.1 Å². The summed E-state index contributed by atoms with van der Waals surface area (Å²) in [6, 6.07) is 5.15. The van der Waals surface area contributed by atoms with E-state index in [0.29, 0.717) is 30.9 Å². The molecule has 0 aliphatic carbocycles. The number of anilines is 3. The SMILES string of the molecule is CC(=O)OCCCNc1ccc(NC(=O)OC(C)(C)C)cc1N. The third-order valence-corrected chi connectivity index (χ3v) is 2.64. The van der Waals surface area contributed by atoms with Crippen LogP contribution in [-0.2, 0) is 14.3 Å². The molecule has 0 aliphatic heterocycles. The van der Waals surface area contributed by atoms with E-state index in [-0.39, 0.29) is 5.97 Å². The zero-order valence-electron chi connectivity index (χ0n) is 14.1. The maximum absolute atomic E-state index is 11.7. The van der Waals surface area contributed by atoms with Crippen molar-refractivity contribution in [3.8, 4) is 0 Å². The lowest BCUT2D eigenvalue weighted by Gasteiger charge is -2.20. The summed E-state index contributed by atoms with van der Waals surface area (Å²) in [6.07, 6.45) is 0.149. The Morgan fingerprint density at radius 2 is 1.96 bits per heavy atom. The van der Waals surface area contributed by atoms with Crippen LogP contribution in [0.2, 0.25) is 0 Å². The van der Waals surface area contributed by atoms with Gasteiger partial charge < -0.3 is 20.5 Å². The highest BCUT2D eigenvalue weighted by atomic mass is 16.6. The van der Waals surface area contributed by atoms with Crippen LogP contribution in [0.25, 0.3) is 0 Å². The minimum atomic E-state index is -0.556. The van der Waals surface area contributed by atoms with E-state index in [1.54, 1.807) is 39.0 Å². The van der Waals surface area contributed by atoms with Crippen molar-refractivity contribution >= 4 is 29.1 Å². The lowest BCUT2D eigenvalue weighted by Crippen LogP contribution is -2.27. The Morgan fingerprint density at radius 1 is 1.26 bits per heavy atom. The monoisotopic (exact) mass is 323 g/mol. The largest absolute Gasteiger partial charge is 0.466 e. The van der Waals surface area contributed by atoms with Crippen molar-refractivity contribution in [1.29, 1.82) is 0 Å². The van der Waals surface area contributed by atoms with Crippen LogP contribution < -0.4 is 16.4 Å². The van der Waals surface area contributed by atoms with Gasteiger partial charge in [0.1, 0.15) is 5.60 Å². The third-order valence-electron chi connectivity index (χ3n) is 2.64. The van der Waals surface area contributed by atoms with Crippen LogP contribution in [0, 0.1) is 0 Å². The fraction of sp³-hybridized carbons (Fsp3) is 0.500. The van der Waals surface area contributed by atoms with Gasteiger partial charge in [-0.05, 0) is 45.4 Å². The molecule has 0 bridgehead atoms.